The molecule has 1 saturated heterocycles. The predicted octanol–water partition coefficient (Wildman–Crippen LogP) is -1.12. The molecule has 1 aromatic rings. The molecule has 1 aromatic carbocycles. The maximum Gasteiger partial charge on any atom is 0.330 e. The normalized spacial score (nSPS) is 40.5. The third kappa shape index (κ3) is 5.55. The van der Waals surface area contributed by atoms with Crippen molar-refractivity contribution in [1.82, 2.24) is 0 Å². The second-order valence-corrected chi connectivity index (χ2v) is 9.84. The molecule has 0 spiro atoms. The number of hydrogen-bond donors (Lipinski definition) is 6. The Labute approximate surface area is 223 Å². The molecule has 38 heavy (non-hydrogen) atoms. The van der Waals surface area contributed by atoms with E-state index in [0.717, 1.165) is 6.08 Å². The van der Waals surface area contributed by atoms with E-state index in [0.29, 0.717) is 11.3 Å². The Morgan fingerprint density at radius 2 is 1.79 bits per heavy atom. The van der Waals surface area contributed by atoms with Crippen LogP contribution in [0.5, 0.6) is 5.75 Å². The van der Waals surface area contributed by atoms with Crippen molar-refractivity contribution in [3.8, 4) is 5.75 Å². The summed E-state index contributed by atoms with van der Waals surface area (Å²) in [6, 6.07) is 6.90. The Bertz CT molecular complexity index is 1020. The van der Waals surface area contributed by atoms with E-state index < -0.39 is 85.1 Å². The quantitative estimate of drug-likeness (QED) is 0.128. The fraction of sp³-hybridized carbons (Fsp3) is 0.560. The zero-order valence-electron chi connectivity index (χ0n) is 20.3. The van der Waals surface area contributed by atoms with Crippen LogP contribution in [-0.4, -0.2) is 111 Å². The molecule has 6 N–H and O–H groups in total. The highest BCUT2D eigenvalue weighted by Gasteiger charge is 2.64. The van der Waals surface area contributed by atoms with E-state index in [1.807, 2.05) is 0 Å². The second-order valence-electron chi connectivity index (χ2n) is 9.37. The lowest BCUT2D eigenvalue weighted by atomic mass is 9.84. The van der Waals surface area contributed by atoms with Gasteiger partial charge < -0.3 is 54.3 Å². The zero-order valence-corrected chi connectivity index (χ0v) is 21.1. The van der Waals surface area contributed by atoms with Gasteiger partial charge in [-0.3, -0.25) is 0 Å². The number of benzene rings is 1. The molecular formula is C25H31ClO12. The summed E-state index contributed by atoms with van der Waals surface area (Å²) in [4.78, 5) is 12.4. The van der Waals surface area contributed by atoms with Gasteiger partial charge in [0.1, 0.15) is 42.4 Å². The highest BCUT2D eigenvalue weighted by molar-refractivity contribution is 6.22. The van der Waals surface area contributed by atoms with Crippen molar-refractivity contribution in [2.75, 3.05) is 20.3 Å². The van der Waals surface area contributed by atoms with Crippen molar-refractivity contribution >= 4 is 23.6 Å². The van der Waals surface area contributed by atoms with Crippen LogP contribution in [0.4, 0.5) is 0 Å². The SMILES string of the molecule is COc1ccc(C=CC(=O)OCC2(O)C(Cl)C(O)C3C=COC(OC4OC(CO)C(O)C(O)C4O)C32)cc1. The summed E-state index contributed by atoms with van der Waals surface area (Å²) in [6.07, 6.45) is -5.14. The number of halogens is 1. The van der Waals surface area contributed by atoms with Crippen LogP contribution in [-0.2, 0) is 23.7 Å². The molecule has 210 valence electrons. The molecule has 3 aliphatic rings. The molecule has 2 fully saturated rings. The Balaban J connectivity index is 1.47. The third-order valence-electron chi connectivity index (χ3n) is 7.06. The smallest absolute Gasteiger partial charge is 0.330 e. The minimum Gasteiger partial charge on any atom is -0.497 e. The maximum atomic E-state index is 12.4. The van der Waals surface area contributed by atoms with Gasteiger partial charge in [-0.25, -0.2) is 4.79 Å². The van der Waals surface area contributed by atoms with Crippen molar-refractivity contribution in [2.24, 2.45) is 11.8 Å². The highest BCUT2D eigenvalue weighted by Crippen LogP contribution is 2.49. The van der Waals surface area contributed by atoms with Crippen molar-refractivity contribution in [3.05, 3.63) is 48.2 Å². The second kappa shape index (κ2) is 11.9. The first kappa shape index (κ1) is 28.7. The summed E-state index contributed by atoms with van der Waals surface area (Å²) in [5.41, 5.74) is -1.34. The molecule has 11 atom stereocenters. The number of hydrogen-bond acceptors (Lipinski definition) is 12. The maximum absolute atomic E-state index is 12.4. The van der Waals surface area contributed by atoms with E-state index in [-0.39, 0.29) is 0 Å². The van der Waals surface area contributed by atoms with Gasteiger partial charge in [-0.15, -0.1) is 11.6 Å². The van der Waals surface area contributed by atoms with Crippen LogP contribution in [0, 0.1) is 11.8 Å². The molecule has 2 heterocycles. The van der Waals surface area contributed by atoms with E-state index in [9.17, 15) is 35.4 Å². The average molecular weight is 559 g/mol. The zero-order chi connectivity index (χ0) is 27.6. The number of methoxy groups -OCH3 is 1. The van der Waals surface area contributed by atoms with Gasteiger partial charge in [0.2, 0.25) is 6.29 Å². The first-order valence-corrected chi connectivity index (χ1v) is 12.4. The van der Waals surface area contributed by atoms with Gasteiger partial charge in [0, 0.05) is 12.0 Å². The van der Waals surface area contributed by atoms with Gasteiger partial charge in [0.25, 0.3) is 0 Å². The molecule has 11 unspecified atom stereocenters. The molecular weight excluding hydrogens is 528 g/mol. The molecule has 4 rings (SSSR count). The molecule has 13 heteroatoms. The van der Waals surface area contributed by atoms with Crippen molar-refractivity contribution < 1.29 is 59.1 Å². The lowest BCUT2D eigenvalue weighted by molar-refractivity contribution is -0.347. The summed E-state index contributed by atoms with van der Waals surface area (Å²) in [7, 11) is 1.54. The number of fused-ring (bicyclic) bond motifs is 1. The van der Waals surface area contributed by atoms with Gasteiger partial charge in [-0.1, -0.05) is 12.1 Å². The van der Waals surface area contributed by atoms with Gasteiger partial charge in [-0.05, 0) is 29.8 Å². The average Bonchev–Trinajstić information content (AvgIpc) is 3.13. The van der Waals surface area contributed by atoms with Crippen LogP contribution in [0.25, 0.3) is 6.08 Å². The number of esters is 1. The number of carbonyl (C=O) groups is 1. The molecule has 0 amide bonds. The summed E-state index contributed by atoms with van der Waals surface area (Å²) in [5.74, 6) is -2.02. The number of ether oxygens (including phenoxy) is 5. The largest absolute Gasteiger partial charge is 0.497 e. The van der Waals surface area contributed by atoms with Gasteiger partial charge in [0.15, 0.2) is 6.29 Å². The van der Waals surface area contributed by atoms with Gasteiger partial charge in [-0.2, -0.15) is 0 Å². The summed E-state index contributed by atoms with van der Waals surface area (Å²) in [5, 5.41) is 60.8. The Morgan fingerprint density at radius 3 is 2.45 bits per heavy atom. The first-order chi connectivity index (χ1) is 18.1. The summed E-state index contributed by atoms with van der Waals surface area (Å²) in [6.45, 7) is -1.30. The predicted molar refractivity (Wildman–Crippen MR) is 129 cm³/mol. The summed E-state index contributed by atoms with van der Waals surface area (Å²) < 4.78 is 26.9. The van der Waals surface area contributed by atoms with Gasteiger partial charge in [0.05, 0.1) is 37.4 Å². The molecule has 12 nitrogen and oxygen atoms in total. The molecule has 1 saturated carbocycles. The molecule has 2 aliphatic heterocycles. The standard InChI is InChI=1S/C25H31ClO12/c1-34-13-5-2-12(3-6-13)4-7-16(28)36-11-25(33)17-14(18(29)22(25)26)8-9-35-23(17)38-24-21(32)20(31)19(30)15(10-27)37-24/h2-9,14-15,17-24,27,29-33H,10-11H2,1H3. The number of carbonyl (C=O) groups excluding carboxylic acids is 1. The minimum atomic E-state index is -2.04. The van der Waals surface area contributed by atoms with E-state index >= 15 is 0 Å². The van der Waals surface area contributed by atoms with Crippen LogP contribution in [0.2, 0.25) is 0 Å². The number of aliphatic hydroxyl groups is 6. The number of alkyl halides is 1. The Hall–Kier alpha value is -2.26. The monoisotopic (exact) mass is 558 g/mol. The number of aliphatic hydroxyl groups excluding tert-OH is 5. The minimum absolute atomic E-state index is 0.628. The van der Waals surface area contributed by atoms with Crippen LogP contribution >= 0.6 is 11.6 Å². The Morgan fingerprint density at radius 1 is 1.08 bits per heavy atom. The highest BCUT2D eigenvalue weighted by atomic mass is 35.5. The topological polar surface area (TPSA) is 185 Å². The van der Waals surface area contributed by atoms with Crippen LogP contribution in [0.3, 0.4) is 0 Å². The molecule has 0 aromatic heterocycles. The number of rotatable bonds is 8. The molecule has 0 radical (unpaired) electrons. The van der Waals surface area contributed by atoms with E-state index in [2.05, 4.69) is 0 Å². The van der Waals surface area contributed by atoms with E-state index in [4.69, 9.17) is 35.3 Å². The van der Waals surface area contributed by atoms with Crippen LogP contribution in [0.15, 0.2) is 42.7 Å². The van der Waals surface area contributed by atoms with Gasteiger partial charge >= 0.3 is 5.97 Å². The lowest BCUT2D eigenvalue weighted by Gasteiger charge is -2.44. The summed E-state index contributed by atoms with van der Waals surface area (Å²) >= 11 is 6.40. The fourth-order valence-electron chi connectivity index (χ4n) is 4.89. The van der Waals surface area contributed by atoms with E-state index in [1.54, 1.807) is 24.3 Å². The fourth-order valence-corrected chi connectivity index (χ4v) is 5.26. The van der Waals surface area contributed by atoms with Crippen molar-refractivity contribution in [3.63, 3.8) is 0 Å². The van der Waals surface area contributed by atoms with Crippen molar-refractivity contribution in [1.29, 1.82) is 0 Å². The first-order valence-electron chi connectivity index (χ1n) is 11.9. The third-order valence-corrected chi connectivity index (χ3v) is 7.70. The van der Waals surface area contributed by atoms with E-state index in [1.165, 1.54) is 25.5 Å². The van der Waals surface area contributed by atoms with Crippen LogP contribution < -0.4 is 4.74 Å². The van der Waals surface area contributed by atoms with Crippen molar-refractivity contribution in [2.45, 2.75) is 54.1 Å². The molecule has 0 bridgehead atoms. The lowest BCUT2D eigenvalue weighted by Crippen LogP contribution is -2.61. The molecule has 1 aliphatic carbocycles. The van der Waals surface area contributed by atoms with Crippen LogP contribution in [0.1, 0.15) is 5.56 Å². The Kier molecular flexibility index (Phi) is 8.97.